The zero-order chi connectivity index (χ0) is 13.2. The summed E-state index contributed by atoms with van der Waals surface area (Å²) in [6.45, 7) is 0.409. The van der Waals surface area contributed by atoms with E-state index in [9.17, 15) is 8.42 Å². The molecule has 0 aliphatic rings. The number of aromatic nitrogens is 1. The van der Waals surface area contributed by atoms with Crippen molar-refractivity contribution in [3.05, 3.63) is 35.6 Å². The van der Waals surface area contributed by atoms with Gasteiger partial charge in [0.2, 0.25) is 10.0 Å². The molecule has 96 valence electrons. The number of rotatable bonds is 4. The van der Waals surface area contributed by atoms with Crippen LogP contribution in [-0.2, 0) is 10.0 Å². The number of nitrogens with two attached hydrogens (primary N) is 1. The van der Waals surface area contributed by atoms with Crippen LogP contribution >= 0.6 is 11.6 Å². The summed E-state index contributed by atoms with van der Waals surface area (Å²) < 4.78 is 26.6. The molecule has 0 aliphatic carbocycles. The Bertz CT molecular complexity index is 668. The summed E-state index contributed by atoms with van der Waals surface area (Å²) >= 11 is 5.97. The number of nitrogens with zero attached hydrogens (tertiary/aromatic N) is 1. The maximum absolute atomic E-state index is 12.1. The van der Waals surface area contributed by atoms with E-state index in [2.05, 4.69) is 9.71 Å². The van der Waals surface area contributed by atoms with Gasteiger partial charge < -0.3 is 5.73 Å². The lowest BCUT2D eigenvalue weighted by molar-refractivity contribution is 0.583. The quantitative estimate of drug-likeness (QED) is 0.825. The minimum absolute atomic E-state index is 0.117. The molecule has 0 fully saturated rings. The first-order valence-electron chi connectivity index (χ1n) is 5.29. The van der Waals surface area contributed by atoms with E-state index in [1.807, 2.05) is 0 Å². The number of hydrogen-bond acceptors (Lipinski definition) is 4. The standard InChI is InChI=1S/C11H12ClN3O2S/c12-11-10-8(4-6-14-11)2-1-3-9(10)18(16,17)15-7-5-13/h1-4,6,15H,5,7,13H2. The molecule has 0 amide bonds. The third-order valence-electron chi connectivity index (χ3n) is 2.43. The molecule has 2 rings (SSSR count). The van der Waals surface area contributed by atoms with E-state index in [4.69, 9.17) is 17.3 Å². The Morgan fingerprint density at radius 1 is 1.33 bits per heavy atom. The van der Waals surface area contributed by atoms with Crippen LogP contribution in [0.2, 0.25) is 5.15 Å². The lowest BCUT2D eigenvalue weighted by Gasteiger charge is -2.09. The molecular formula is C11H12ClN3O2S. The lowest BCUT2D eigenvalue weighted by Crippen LogP contribution is -2.29. The van der Waals surface area contributed by atoms with Gasteiger partial charge in [0.05, 0.1) is 4.90 Å². The summed E-state index contributed by atoms with van der Waals surface area (Å²) in [6, 6.07) is 6.65. The van der Waals surface area contributed by atoms with Crippen molar-refractivity contribution in [1.29, 1.82) is 0 Å². The van der Waals surface area contributed by atoms with Crippen molar-refractivity contribution >= 4 is 32.4 Å². The third kappa shape index (κ3) is 2.46. The molecule has 18 heavy (non-hydrogen) atoms. The molecule has 1 aromatic heterocycles. The number of halogens is 1. The molecule has 0 aliphatic heterocycles. The molecule has 0 spiro atoms. The topological polar surface area (TPSA) is 85.1 Å². The fraction of sp³-hybridized carbons (Fsp3) is 0.182. The maximum atomic E-state index is 12.1. The van der Waals surface area contributed by atoms with Gasteiger partial charge in [-0.1, -0.05) is 23.7 Å². The third-order valence-corrected chi connectivity index (χ3v) is 4.22. The molecule has 0 saturated heterocycles. The fourth-order valence-corrected chi connectivity index (χ4v) is 3.26. The van der Waals surface area contributed by atoms with Gasteiger partial charge >= 0.3 is 0 Å². The predicted octanol–water partition coefficient (Wildman–Crippen LogP) is 1.13. The summed E-state index contributed by atoms with van der Waals surface area (Å²) in [6.07, 6.45) is 1.54. The SMILES string of the molecule is NCCNS(=O)(=O)c1cccc2ccnc(Cl)c12. The highest BCUT2D eigenvalue weighted by molar-refractivity contribution is 7.89. The maximum Gasteiger partial charge on any atom is 0.241 e. The van der Waals surface area contributed by atoms with Crippen LogP contribution in [0.15, 0.2) is 35.4 Å². The zero-order valence-electron chi connectivity index (χ0n) is 9.43. The van der Waals surface area contributed by atoms with Gasteiger partial charge in [-0.2, -0.15) is 0 Å². The smallest absolute Gasteiger partial charge is 0.241 e. The first-order chi connectivity index (χ1) is 8.56. The van der Waals surface area contributed by atoms with Crippen molar-refractivity contribution in [2.75, 3.05) is 13.1 Å². The number of nitrogens with one attached hydrogen (secondary N) is 1. The van der Waals surface area contributed by atoms with E-state index in [1.165, 1.54) is 12.3 Å². The van der Waals surface area contributed by atoms with E-state index < -0.39 is 10.0 Å². The first-order valence-corrected chi connectivity index (χ1v) is 7.15. The Morgan fingerprint density at radius 3 is 2.83 bits per heavy atom. The van der Waals surface area contributed by atoms with Gasteiger partial charge in [-0.15, -0.1) is 0 Å². The molecule has 1 aromatic carbocycles. The van der Waals surface area contributed by atoms with Crippen LogP contribution in [0, 0.1) is 0 Å². The van der Waals surface area contributed by atoms with Gasteiger partial charge in [-0.3, -0.25) is 0 Å². The van der Waals surface area contributed by atoms with E-state index in [0.717, 1.165) is 5.39 Å². The van der Waals surface area contributed by atoms with Crippen molar-refractivity contribution in [3.8, 4) is 0 Å². The molecule has 0 radical (unpaired) electrons. The van der Waals surface area contributed by atoms with Crippen LogP contribution in [0.4, 0.5) is 0 Å². The normalized spacial score (nSPS) is 11.9. The molecule has 0 unspecified atom stereocenters. The number of benzene rings is 1. The number of pyridine rings is 1. The fourth-order valence-electron chi connectivity index (χ4n) is 1.65. The Labute approximate surface area is 110 Å². The van der Waals surface area contributed by atoms with Crippen molar-refractivity contribution in [2.45, 2.75) is 4.90 Å². The van der Waals surface area contributed by atoms with Crippen LogP contribution in [0.3, 0.4) is 0 Å². The van der Waals surface area contributed by atoms with E-state index >= 15 is 0 Å². The molecule has 7 heteroatoms. The Balaban J connectivity index is 2.65. The molecule has 3 N–H and O–H groups in total. The number of sulfonamides is 1. The van der Waals surface area contributed by atoms with Gasteiger partial charge in [0.25, 0.3) is 0 Å². The Kier molecular flexibility index (Phi) is 3.82. The minimum atomic E-state index is -3.63. The van der Waals surface area contributed by atoms with Crippen LogP contribution in [-0.4, -0.2) is 26.5 Å². The largest absolute Gasteiger partial charge is 0.329 e. The summed E-state index contributed by atoms with van der Waals surface area (Å²) in [5.41, 5.74) is 5.29. The highest BCUT2D eigenvalue weighted by Crippen LogP contribution is 2.27. The van der Waals surface area contributed by atoms with Crippen LogP contribution in [0.1, 0.15) is 0 Å². The number of hydrogen-bond donors (Lipinski definition) is 2. The number of fused-ring (bicyclic) bond motifs is 1. The van der Waals surface area contributed by atoms with Crippen LogP contribution < -0.4 is 10.5 Å². The molecule has 0 saturated carbocycles. The summed E-state index contributed by atoms with van der Waals surface area (Å²) in [4.78, 5) is 4.03. The van der Waals surface area contributed by atoms with Crippen molar-refractivity contribution in [3.63, 3.8) is 0 Å². The second-order valence-electron chi connectivity index (χ2n) is 3.64. The van der Waals surface area contributed by atoms with Crippen LogP contribution in [0.5, 0.6) is 0 Å². The molecule has 5 nitrogen and oxygen atoms in total. The first kappa shape index (κ1) is 13.2. The average molecular weight is 286 g/mol. The zero-order valence-corrected chi connectivity index (χ0v) is 11.0. The van der Waals surface area contributed by atoms with Crippen LogP contribution in [0.25, 0.3) is 10.8 Å². The second kappa shape index (κ2) is 5.19. The Morgan fingerprint density at radius 2 is 2.11 bits per heavy atom. The summed E-state index contributed by atoms with van der Waals surface area (Å²) in [7, 11) is -3.63. The molecule has 0 bridgehead atoms. The van der Waals surface area contributed by atoms with Crippen molar-refractivity contribution in [1.82, 2.24) is 9.71 Å². The van der Waals surface area contributed by atoms with E-state index in [0.29, 0.717) is 5.39 Å². The van der Waals surface area contributed by atoms with Gasteiger partial charge in [0, 0.05) is 24.7 Å². The highest BCUT2D eigenvalue weighted by atomic mass is 35.5. The molecular weight excluding hydrogens is 274 g/mol. The van der Waals surface area contributed by atoms with E-state index in [-0.39, 0.29) is 23.1 Å². The second-order valence-corrected chi connectivity index (χ2v) is 5.74. The highest BCUT2D eigenvalue weighted by Gasteiger charge is 2.18. The average Bonchev–Trinajstić information content (AvgIpc) is 2.36. The van der Waals surface area contributed by atoms with Gasteiger partial charge in [0.1, 0.15) is 5.15 Å². The van der Waals surface area contributed by atoms with Gasteiger partial charge in [0.15, 0.2) is 0 Å². The van der Waals surface area contributed by atoms with Crippen molar-refractivity contribution < 1.29 is 8.42 Å². The monoisotopic (exact) mass is 285 g/mol. The summed E-state index contributed by atoms with van der Waals surface area (Å²) in [5, 5.41) is 1.32. The van der Waals surface area contributed by atoms with Gasteiger partial charge in [-0.25, -0.2) is 18.1 Å². The molecule has 1 heterocycles. The minimum Gasteiger partial charge on any atom is -0.329 e. The Hall–Kier alpha value is -1.21. The van der Waals surface area contributed by atoms with E-state index in [1.54, 1.807) is 18.2 Å². The summed E-state index contributed by atoms with van der Waals surface area (Å²) in [5.74, 6) is 0. The lowest BCUT2D eigenvalue weighted by atomic mass is 10.2. The predicted molar refractivity (Wildman–Crippen MR) is 71.0 cm³/mol. The van der Waals surface area contributed by atoms with Crippen molar-refractivity contribution in [2.24, 2.45) is 5.73 Å². The van der Waals surface area contributed by atoms with Gasteiger partial charge in [-0.05, 0) is 17.5 Å². The molecule has 2 aromatic rings. The molecule has 0 atom stereocenters.